The summed E-state index contributed by atoms with van der Waals surface area (Å²) in [6.07, 6.45) is 0. The minimum Gasteiger partial charge on any atom is -0.497 e. The lowest BCUT2D eigenvalue weighted by atomic mass is 10.2. The molecule has 0 unspecified atom stereocenters. The lowest BCUT2D eigenvalue weighted by Crippen LogP contribution is -2.28. The lowest BCUT2D eigenvalue weighted by Gasteiger charge is -2.01. The molecule has 1 amide bonds. The summed E-state index contributed by atoms with van der Waals surface area (Å²) in [5.74, 6) is 0.566. The molecule has 5 nitrogen and oxygen atoms in total. The second kappa shape index (κ2) is 5.24. The van der Waals surface area contributed by atoms with Crippen molar-refractivity contribution in [2.24, 2.45) is 5.73 Å². The van der Waals surface area contributed by atoms with E-state index in [9.17, 15) is 4.79 Å². The molecule has 0 radical (unpaired) electrons. The molecule has 0 aliphatic carbocycles. The van der Waals surface area contributed by atoms with Crippen LogP contribution in [-0.4, -0.2) is 26.1 Å². The smallest absolute Gasteiger partial charge is 0.263 e. The maximum Gasteiger partial charge on any atom is 0.263 e. The Hall–Kier alpha value is -1.79. The third-order valence-electron chi connectivity index (χ3n) is 2.57. The second-order valence-corrected chi connectivity index (χ2v) is 4.80. The lowest BCUT2D eigenvalue weighted by molar-refractivity contribution is 0.0959. The number of amides is 1. The van der Waals surface area contributed by atoms with Gasteiger partial charge in [0.15, 0.2) is 0 Å². The minimum atomic E-state index is -0.182. The average molecular weight is 265 g/mol. The molecule has 1 aromatic carbocycles. The average Bonchev–Trinajstić information content (AvgIpc) is 2.72. The highest BCUT2D eigenvalue weighted by molar-refractivity contribution is 7.21. The van der Waals surface area contributed by atoms with Gasteiger partial charge in [0.05, 0.1) is 12.8 Å². The van der Waals surface area contributed by atoms with Gasteiger partial charge in [0, 0.05) is 23.2 Å². The molecule has 0 aliphatic heterocycles. The van der Waals surface area contributed by atoms with Crippen LogP contribution in [0.5, 0.6) is 5.75 Å². The summed E-state index contributed by atoms with van der Waals surface area (Å²) in [4.78, 5) is 12.4. The number of nitrogens with two attached hydrogens (primary N) is 2. The molecule has 1 heterocycles. The van der Waals surface area contributed by atoms with Gasteiger partial charge in [-0.3, -0.25) is 4.79 Å². The van der Waals surface area contributed by atoms with Gasteiger partial charge in [0.25, 0.3) is 5.91 Å². The van der Waals surface area contributed by atoms with Gasteiger partial charge in [0.1, 0.15) is 10.6 Å². The summed E-state index contributed by atoms with van der Waals surface area (Å²) in [5, 5.41) is 3.59. The Morgan fingerprint density at radius 3 is 2.94 bits per heavy atom. The molecule has 2 aromatic rings. The van der Waals surface area contributed by atoms with Crippen LogP contribution in [0, 0.1) is 0 Å². The fourth-order valence-corrected chi connectivity index (χ4v) is 2.73. The standard InChI is InChI=1S/C12H15N3O2S/c1-17-7-2-3-8-9(6-7)18-11(10(8)14)12(16)15-5-4-13/h2-3,6H,4-5,13-14H2,1H3,(H,15,16). The molecular weight excluding hydrogens is 250 g/mol. The molecule has 6 heteroatoms. The molecule has 18 heavy (non-hydrogen) atoms. The number of fused-ring (bicyclic) bond motifs is 1. The number of thiophene rings is 1. The van der Waals surface area contributed by atoms with Crippen molar-refractivity contribution in [2.75, 3.05) is 25.9 Å². The van der Waals surface area contributed by atoms with Gasteiger partial charge in [-0.05, 0) is 18.2 Å². The molecule has 0 bridgehead atoms. The van der Waals surface area contributed by atoms with Crippen LogP contribution >= 0.6 is 11.3 Å². The van der Waals surface area contributed by atoms with Crippen LogP contribution in [0.1, 0.15) is 9.67 Å². The number of nitrogen functional groups attached to an aromatic ring is 1. The van der Waals surface area contributed by atoms with E-state index in [2.05, 4.69) is 5.32 Å². The first-order valence-corrected chi connectivity index (χ1v) is 6.33. The van der Waals surface area contributed by atoms with Crippen molar-refractivity contribution >= 4 is 33.0 Å². The predicted molar refractivity (Wildman–Crippen MR) is 74.2 cm³/mol. The zero-order chi connectivity index (χ0) is 13.1. The highest BCUT2D eigenvalue weighted by Crippen LogP contribution is 2.35. The van der Waals surface area contributed by atoms with E-state index >= 15 is 0 Å². The van der Waals surface area contributed by atoms with Crippen molar-refractivity contribution < 1.29 is 9.53 Å². The molecule has 1 aromatic heterocycles. The monoisotopic (exact) mass is 265 g/mol. The SMILES string of the molecule is COc1ccc2c(N)c(C(=O)NCCN)sc2c1. The zero-order valence-electron chi connectivity index (χ0n) is 10.0. The normalized spacial score (nSPS) is 10.6. The Labute approximate surface area is 109 Å². The van der Waals surface area contributed by atoms with Crippen molar-refractivity contribution in [1.82, 2.24) is 5.32 Å². The van der Waals surface area contributed by atoms with E-state index in [4.69, 9.17) is 16.2 Å². The molecule has 96 valence electrons. The number of hydrogen-bond acceptors (Lipinski definition) is 5. The van der Waals surface area contributed by atoms with Crippen molar-refractivity contribution in [2.45, 2.75) is 0 Å². The second-order valence-electron chi connectivity index (χ2n) is 3.75. The van der Waals surface area contributed by atoms with Gasteiger partial charge >= 0.3 is 0 Å². The van der Waals surface area contributed by atoms with Crippen LogP contribution in [-0.2, 0) is 0 Å². The molecule has 5 N–H and O–H groups in total. The van der Waals surface area contributed by atoms with Crippen LogP contribution in [0.2, 0.25) is 0 Å². The third-order valence-corrected chi connectivity index (χ3v) is 3.74. The number of rotatable bonds is 4. The van der Waals surface area contributed by atoms with Gasteiger partial charge in [-0.15, -0.1) is 11.3 Å². The number of carbonyl (C=O) groups excluding carboxylic acids is 1. The first-order valence-electron chi connectivity index (χ1n) is 5.51. The molecule has 0 saturated heterocycles. The summed E-state index contributed by atoms with van der Waals surface area (Å²) in [6.45, 7) is 0.847. The topological polar surface area (TPSA) is 90.4 Å². The molecule has 0 atom stereocenters. The molecule has 0 fully saturated rings. The molecular formula is C12H15N3O2S. The Bertz CT molecular complexity index is 580. The Morgan fingerprint density at radius 2 is 2.28 bits per heavy atom. The summed E-state index contributed by atoms with van der Waals surface area (Å²) in [5.41, 5.74) is 11.8. The number of methoxy groups -OCH3 is 1. The van der Waals surface area contributed by atoms with Crippen LogP contribution in [0.4, 0.5) is 5.69 Å². The van der Waals surface area contributed by atoms with E-state index in [0.29, 0.717) is 23.7 Å². The maximum atomic E-state index is 11.9. The molecule has 2 rings (SSSR count). The fourth-order valence-electron chi connectivity index (χ4n) is 1.66. The van der Waals surface area contributed by atoms with Gasteiger partial charge in [0.2, 0.25) is 0 Å². The van der Waals surface area contributed by atoms with Crippen molar-refractivity contribution in [3.8, 4) is 5.75 Å². The van der Waals surface area contributed by atoms with E-state index in [0.717, 1.165) is 15.8 Å². The van der Waals surface area contributed by atoms with E-state index in [-0.39, 0.29) is 5.91 Å². The van der Waals surface area contributed by atoms with Crippen LogP contribution in [0.15, 0.2) is 18.2 Å². The maximum absolute atomic E-state index is 11.9. The third kappa shape index (κ3) is 2.25. The molecule has 0 saturated carbocycles. The Morgan fingerprint density at radius 1 is 1.50 bits per heavy atom. The van der Waals surface area contributed by atoms with Crippen molar-refractivity contribution in [1.29, 1.82) is 0 Å². The Kier molecular flexibility index (Phi) is 3.69. The number of nitrogens with one attached hydrogen (secondary N) is 1. The Balaban J connectivity index is 2.40. The quantitative estimate of drug-likeness (QED) is 0.774. The summed E-state index contributed by atoms with van der Waals surface area (Å²) >= 11 is 1.35. The van der Waals surface area contributed by atoms with Gasteiger partial charge in [-0.1, -0.05) is 0 Å². The first kappa shape index (κ1) is 12.7. The van der Waals surface area contributed by atoms with E-state index in [1.807, 2.05) is 18.2 Å². The highest BCUT2D eigenvalue weighted by Gasteiger charge is 2.16. The molecule has 0 aliphatic rings. The van der Waals surface area contributed by atoms with Crippen LogP contribution in [0.3, 0.4) is 0 Å². The van der Waals surface area contributed by atoms with Gasteiger partial charge in [-0.25, -0.2) is 0 Å². The minimum absolute atomic E-state index is 0.182. The summed E-state index contributed by atoms with van der Waals surface area (Å²) in [6, 6.07) is 5.56. The van der Waals surface area contributed by atoms with Crippen LogP contribution in [0.25, 0.3) is 10.1 Å². The number of ether oxygens (including phenoxy) is 1. The highest BCUT2D eigenvalue weighted by atomic mass is 32.1. The van der Waals surface area contributed by atoms with E-state index in [1.54, 1.807) is 7.11 Å². The fraction of sp³-hybridized carbons (Fsp3) is 0.250. The number of anilines is 1. The van der Waals surface area contributed by atoms with Gasteiger partial charge in [-0.2, -0.15) is 0 Å². The molecule has 0 spiro atoms. The number of benzene rings is 1. The number of hydrogen-bond donors (Lipinski definition) is 3. The summed E-state index contributed by atoms with van der Waals surface area (Å²) in [7, 11) is 1.60. The van der Waals surface area contributed by atoms with E-state index < -0.39 is 0 Å². The predicted octanol–water partition coefficient (Wildman–Crippen LogP) is 1.18. The van der Waals surface area contributed by atoms with Crippen LogP contribution < -0.4 is 21.5 Å². The van der Waals surface area contributed by atoms with Crippen molar-refractivity contribution in [3.05, 3.63) is 23.1 Å². The summed E-state index contributed by atoms with van der Waals surface area (Å²) < 4.78 is 6.08. The van der Waals surface area contributed by atoms with Crippen molar-refractivity contribution in [3.63, 3.8) is 0 Å². The number of carbonyl (C=O) groups is 1. The zero-order valence-corrected chi connectivity index (χ0v) is 10.8. The first-order chi connectivity index (χ1) is 8.67. The largest absolute Gasteiger partial charge is 0.497 e. The van der Waals surface area contributed by atoms with Gasteiger partial charge < -0.3 is 21.5 Å². The van der Waals surface area contributed by atoms with E-state index in [1.165, 1.54) is 11.3 Å².